The maximum Gasteiger partial charge on any atom is 0.573 e. The Kier molecular flexibility index (Phi) is 5.10. The Bertz CT molecular complexity index is 853. The molecule has 1 unspecified atom stereocenters. The molecule has 0 saturated carbocycles. The Labute approximate surface area is 155 Å². The average molecular weight is 378 g/mol. The van der Waals surface area contributed by atoms with E-state index in [0.29, 0.717) is 11.5 Å². The van der Waals surface area contributed by atoms with E-state index in [4.69, 9.17) is 5.73 Å². The Hall–Kier alpha value is -2.61. The van der Waals surface area contributed by atoms with Gasteiger partial charge in [0.25, 0.3) is 0 Å². The molecule has 2 aromatic rings. The second-order valence-corrected chi connectivity index (χ2v) is 7.09. The van der Waals surface area contributed by atoms with Gasteiger partial charge in [0.1, 0.15) is 12.1 Å². The van der Waals surface area contributed by atoms with Crippen LogP contribution < -0.4 is 10.5 Å². The quantitative estimate of drug-likeness (QED) is 0.845. The summed E-state index contributed by atoms with van der Waals surface area (Å²) in [6.07, 6.45) is 4.76. The number of nitrogens with two attached hydrogens (primary N) is 1. The van der Waals surface area contributed by atoms with Gasteiger partial charge in [0.15, 0.2) is 5.82 Å². The lowest BCUT2D eigenvalue weighted by Crippen LogP contribution is -2.26. The SMILES string of the molecule is C[C@H](N)CC1(C)C=CC(c2ncn(-c3ccc(OC(F)(F)F)cc3)n2)=CC1. The molecule has 0 aliphatic heterocycles. The highest BCUT2D eigenvalue weighted by Gasteiger charge is 2.31. The average Bonchev–Trinajstić information content (AvgIpc) is 3.03. The molecule has 0 spiro atoms. The van der Waals surface area contributed by atoms with Crippen molar-refractivity contribution < 1.29 is 17.9 Å². The van der Waals surface area contributed by atoms with E-state index in [-0.39, 0.29) is 17.2 Å². The van der Waals surface area contributed by atoms with Crippen LogP contribution in [0.5, 0.6) is 5.75 Å². The fraction of sp³-hybridized carbons (Fsp3) is 0.368. The van der Waals surface area contributed by atoms with Crippen molar-refractivity contribution in [3.8, 4) is 11.4 Å². The van der Waals surface area contributed by atoms with Gasteiger partial charge in [0.05, 0.1) is 5.69 Å². The van der Waals surface area contributed by atoms with Crippen LogP contribution in [-0.4, -0.2) is 27.2 Å². The van der Waals surface area contributed by atoms with E-state index in [1.165, 1.54) is 35.3 Å². The van der Waals surface area contributed by atoms with E-state index >= 15 is 0 Å². The van der Waals surface area contributed by atoms with Crippen LogP contribution in [0.15, 0.2) is 48.8 Å². The molecule has 0 fully saturated rings. The summed E-state index contributed by atoms with van der Waals surface area (Å²) in [5.41, 5.74) is 7.43. The van der Waals surface area contributed by atoms with E-state index in [1.807, 2.05) is 13.0 Å². The lowest BCUT2D eigenvalue weighted by atomic mass is 9.77. The number of benzene rings is 1. The number of allylic oxidation sites excluding steroid dienone is 4. The van der Waals surface area contributed by atoms with Crippen molar-refractivity contribution in [1.29, 1.82) is 0 Å². The molecule has 0 saturated heterocycles. The summed E-state index contributed by atoms with van der Waals surface area (Å²) in [7, 11) is 0. The molecule has 1 aromatic carbocycles. The molecule has 144 valence electrons. The Morgan fingerprint density at radius 1 is 1.30 bits per heavy atom. The number of aromatic nitrogens is 3. The van der Waals surface area contributed by atoms with Crippen molar-refractivity contribution in [2.75, 3.05) is 0 Å². The molecule has 1 aliphatic carbocycles. The second kappa shape index (κ2) is 7.19. The zero-order chi connectivity index (χ0) is 19.7. The first-order chi connectivity index (χ1) is 12.6. The van der Waals surface area contributed by atoms with Crippen LogP contribution in [-0.2, 0) is 0 Å². The molecule has 2 atom stereocenters. The van der Waals surface area contributed by atoms with Crippen LogP contribution in [0.2, 0.25) is 0 Å². The zero-order valence-corrected chi connectivity index (χ0v) is 15.1. The molecule has 5 nitrogen and oxygen atoms in total. The van der Waals surface area contributed by atoms with Gasteiger partial charge in [-0.3, -0.25) is 0 Å². The molecular weight excluding hydrogens is 357 g/mol. The number of rotatable bonds is 5. The minimum atomic E-state index is -4.71. The normalized spacial score (nSPS) is 21.0. The van der Waals surface area contributed by atoms with Gasteiger partial charge in [-0.05, 0) is 49.4 Å². The number of hydrogen-bond acceptors (Lipinski definition) is 4. The van der Waals surface area contributed by atoms with E-state index in [1.54, 1.807) is 0 Å². The van der Waals surface area contributed by atoms with Gasteiger partial charge in [-0.25, -0.2) is 9.67 Å². The largest absolute Gasteiger partial charge is 0.573 e. The number of ether oxygens (including phenoxy) is 1. The fourth-order valence-electron chi connectivity index (χ4n) is 3.14. The zero-order valence-electron chi connectivity index (χ0n) is 15.1. The number of hydrogen-bond donors (Lipinski definition) is 1. The maximum atomic E-state index is 12.2. The van der Waals surface area contributed by atoms with Gasteiger partial charge >= 0.3 is 6.36 Å². The van der Waals surface area contributed by atoms with Crippen LogP contribution in [0.1, 0.15) is 32.5 Å². The van der Waals surface area contributed by atoms with Crippen molar-refractivity contribution in [3.63, 3.8) is 0 Å². The minimum absolute atomic E-state index is 0.0224. The molecule has 3 rings (SSSR count). The third kappa shape index (κ3) is 4.97. The lowest BCUT2D eigenvalue weighted by molar-refractivity contribution is -0.274. The molecule has 1 aliphatic rings. The van der Waals surface area contributed by atoms with Gasteiger partial charge in [0.2, 0.25) is 0 Å². The highest BCUT2D eigenvalue weighted by Crippen LogP contribution is 2.35. The summed E-state index contributed by atoms with van der Waals surface area (Å²) in [4.78, 5) is 4.30. The van der Waals surface area contributed by atoms with E-state index in [9.17, 15) is 13.2 Å². The molecule has 27 heavy (non-hydrogen) atoms. The molecule has 1 heterocycles. The molecule has 2 N–H and O–H groups in total. The first kappa shape index (κ1) is 19.2. The van der Waals surface area contributed by atoms with Crippen molar-refractivity contribution >= 4 is 5.57 Å². The van der Waals surface area contributed by atoms with E-state index in [0.717, 1.165) is 18.4 Å². The summed E-state index contributed by atoms with van der Waals surface area (Å²) in [6.45, 7) is 4.16. The van der Waals surface area contributed by atoms with Crippen molar-refractivity contribution in [3.05, 3.63) is 54.6 Å². The van der Waals surface area contributed by atoms with E-state index < -0.39 is 6.36 Å². The summed E-state index contributed by atoms with van der Waals surface area (Å²) in [6, 6.07) is 5.58. The molecule has 1 aromatic heterocycles. The third-order valence-electron chi connectivity index (χ3n) is 4.33. The minimum Gasteiger partial charge on any atom is -0.406 e. The van der Waals surface area contributed by atoms with Crippen molar-refractivity contribution in [2.24, 2.45) is 11.1 Å². The van der Waals surface area contributed by atoms with Crippen LogP contribution in [0.25, 0.3) is 11.3 Å². The van der Waals surface area contributed by atoms with Crippen LogP contribution >= 0.6 is 0 Å². The van der Waals surface area contributed by atoms with Gasteiger partial charge < -0.3 is 10.5 Å². The number of halogens is 3. The third-order valence-corrected chi connectivity index (χ3v) is 4.33. The van der Waals surface area contributed by atoms with Gasteiger partial charge in [-0.15, -0.1) is 18.3 Å². The lowest BCUT2D eigenvalue weighted by Gasteiger charge is -2.29. The second-order valence-electron chi connectivity index (χ2n) is 7.09. The van der Waals surface area contributed by atoms with Gasteiger partial charge in [-0.1, -0.05) is 25.2 Å². The summed E-state index contributed by atoms with van der Waals surface area (Å²) in [5, 5.41) is 4.42. The molecule has 0 amide bonds. The van der Waals surface area contributed by atoms with Crippen molar-refractivity contribution in [2.45, 2.75) is 39.1 Å². The van der Waals surface area contributed by atoms with Crippen molar-refractivity contribution in [1.82, 2.24) is 14.8 Å². The summed E-state index contributed by atoms with van der Waals surface area (Å²) in [5.74, 6) is 0.280. The van der Waals surface area contributed by atoms with Gasteiger partial charge in [0, 0.05) is 11.6 Å². The Morgan fingerprint density at radius 2 is 2.00 bits per heavy atom. The molecular formula is C19H21F3N4O. The molecule has 0 bridgehead atoms. The standard InChI is InChI=1S/C19H21F3N4O/c1-13(23)11-18(2)9-7-14(8-10-18)17-24-12-26(25-17)15-3-5-16(6-4-15)27-19(20,21)22/h3-9,12-13H,10-11,23H2,1-2H3/t13-,18?/m0/s1. The molecule has 0 radical (unpaired) electrons. The molecule has 8 heteroatoms. The predicted molar refractivity (Wildman–Crippen MR) is 96.1 cm³/mol. The van der Waals surface area contributed by atoms with Gasteiger partial charge in [-0.2, -0.15) is 0 Å². The maximum absolute atomic E-state index is 12.2. The van der Waals surface area contributed by atoms with Crippen LogP contribution in [0.3, 0.4) is 0 Å². The van der Waals surface area contributed by atoms with Crippen LogP contribution in [0.4, 0.5) is 13.2 Å². The highest BCUT2D eigenvalue weighted by molar-refractivity contribution is 5.70. The first-order valence-electron chi connectivity index (χ1n) is 8.57. The number of alkyl halides is 3. The summed E-state index contributed by atoms with van der Waals surface area (Å²) < 4.78 is 42.1. The fourth-order valence-corrected chi connectivity index (χ4v) is 3.14. The smallest absolute Gasteiger partial charge is 0.406 e. The monoisotopic (exact) mass is 378 g/mol. The Balaban J connectivity index is 1.71. The summed E-state index contributed by atoms with van der Waals surface area (Å²) >= 11 is 0. The number of nitrogens with zero attached hydrogens (tertiary/aromatic N) is 3. The first-order valence-corrected chi connectivity index (χ1v) is 8.57. The topological polar surface area (TPSA) is 66.0 Å². The predicted octanol–water partition coefficient (Wildman–Crippen LogP) is 4.25. The Morgan fingerprint density at radius 3 is 2.56 bits per heavy atom. The highest BCUT2D eigenvalue weighted by atomic mass is 19.4. The van der Waals surface area contributed by atoms with Crippen LogP contribution in [0, 0.1) is 5.41 Å². The van der Waals surface area contributed by atoms with E-state index in [2.05, 4.69) is 33.9 Å².